The Kier molecular flexibility index (Phi) is 3.46. The summed E-state index contributed by atoms with van der Waals surface area (Å²) in [4.78, 5) is 10.8. The smallest absolute Gasteiger partial charge is 0.222 e. The van der Waals surface area contributed by atoms with E-state index in [2.05, 4.69) is 20.8 Å². The molecule has 0 radical (unpaired) electrons. The summed E-state index contributed by atoms with van der Waals surface area (Å²) in [5, 5.41) is 13.2. The lowest BCUT2D eigenvalue weighted by atomic mass is 10.2. The molecule has 1 aromatic rings. The van der Waals surface area contributed by atoms with Gasteiger partial charge in [-0.25, -0.2) is 8.42 Å². The van der Waals surface area contributed by atoms with Gasteiger partial charge in [-0.1, -0.05) is 0 Å². The van der Waals surface area contributed by atoms with E-state index < -0.39 is 9.84 Å². The summed E-state index contributed by atoms with van der Waals surface area (Å²) >= 11 is 0. The topological polar surface area (TPSA) is 101 Å². The molecule has 1 fully saturated rings. The number of anilines is 2. The average Bonchev–Trinajstić information content (AvgIpc) is 2.60. The second-order valence-electron chi connectivity index (χ2n) is 4.23. The maximum atomic E-state index is 11.3. The summed E-state index contributed by atoms with van der Waals surface area (Å²) in [6.07, 6.45) is 0.581. The van der Waals surface area contributed by atoms with Crippen molar-refractivity contribution in [3.8, 4) is 0 Å². The molecule has 0 saturated carbocycles. The molecule has 18 heavy (non-hydrogen) atoms. The van der Waals surface area contributed by atoms with E-state index in [9.17, 15) is 13.2 Å². The van der Waals surface area contributed by atoms with Gasteiger partial charge in [0.2, 0.25) is 5.91 Å². The average molecular weight is 270 g/mol. The van der Waals surface area contributed by atoms with Crippen molar-refractivity contribution in [3.63, 3.8) is 0 Å². The summed E-state index contributed by atoms with van der Waals surface area (Å²) in [5.41, 5.74) is 0. The number of amides is 1. The van der Waals surface area contributed by atoms with Gasteiger partial charge in [0.15, 0.2) is 15.7 Å². The van der Waals surface area contributed by atoms with Crippen molar-refractivity contribution in [2.24, 2.45) is 0 Å². The van der Waals surface area contributed by atoms with Crippen molar-refractivity contribution in [2.75, 3.05) is 22.1 Å². The predicted octanol–water partition coefficient (Wildman–Crippen LogP) is 0.0340. The van der Waals surface area contributed by atoms with Crippen LogP contribution in [0, 0.1) is 0 Å². The minimum absolute atomic E-state index is 0.115. The van der Waals surface area contributed by atoms with Crippen LogP contribution < -0.4 is 10.6 Å². The van der Waals surface area contributed by atoms with Gasteiger partial charge < -0.3 is 10.6 Å². The number of carbonyl (C=O) groups excluding carboxylic acids is 1. The molecule has 1 aromatic heterocycles. The third-order valence-corrected chi connectivity index (χ3v) is 4.32. The highest BCUT2D eigenvalue weighted by atomic mass is 32.2. The SMILES string of the molecule is CC(=O)Nc1ccc(NC2CCS(=O)(=O)C2)nn1. The van der Waals surface area contributed by atoms with Crippen molar-refractivity contribution < 1.29 is 13.2 Å². The van der Waals surface area contributed by atoms with E-state index in [4.69, 9.17) is 0 Å². The molecule has 2 heterocycles. The first-order valence-electron chi connectivity index (χ1n) is 5.53. The van der Waals surface area contributed by atoms with Gasteiger partial charge in [-0.15, -0.1) is 10.2 Å². The number of nitrogens with zero attached hydrogens (tertiary/aromatic N) is 2. The van der Waals surface area contributed by atoms with Crippen LogP contribution in [0.4, 0.5) is 11.6 Å². The van der Waals surface area contributed by atoms with Gasteiger partial charge in [0.05, 0.1) is 11.5 Å². The number of sulfone groups is 1. The molecule has 2 N–H and O–H groups in total. The van der Waals surface area contributed by atoms with E-state index in [-0.39, 0.29) is 23.5 Å². The van der Waals surface area contributed by atoms with Crippen molar-refractivity contribution in [1.29, 1.82) is 0 Å². The normalized spacial score (nSPS) is 21.5. The molecule has 1 amide bonds. The lowest BCUT2D eigenvalue weighted by molar-refractivity contribution is -0.114. The fourth-order valence-electron chi connectivity index (χ4n) is 1.77. The minimum Gasteiger partial charge on any atom is -0.365 e. The maximum Gasteiger partial charge on any atom is 0.222 e. The third kappa shape index (κ3) is 3.39. The van der Waals surface area contributed by atoms with Gasteiger partial charge in [0, 0.05) is 13.0 Å². The first-order chi connectivity index (χ1) is 8.44. The van der Waals surface area contributed by atoms with Crippen LogP contribution in [-0.2, 0) is 14.6 Å². The van der Waals surface area contributed by atoms with E-state index in [1.807, 2.05) is 0 Å². The first kappa shape index (κ1) is 12.7. The van der Waals surface area contributed by atoms with Crippen molar-refractivity contribution in [1.82, 2.24) is 10.2 Å². The van der Waals surface area contributed by atoms with E-state index in [1.54, 1.807) is 12.1 Å². The Morgan fingerprint density at radius 3 is 2.50 bits per heavy atom. The minimum atomic E-state index is -2.91. The zero-order valence-corrected chi connectivity index (χ0v) is 10.7. The molecule has 98 valence electrons. The van der Waals surface area contributed by atoms with E-state index >= 15 is 0 Å². The molecule has 0 bridgehead atoms. The highest BCUT2D eigenvalue weighted by Gasteiger charge is 2.27. The third-order valence-electron chi connectivity index (χ3n) is 2.55. The Balaban J connectivity index is 1.97. The van der Waals surface area contributed by atoms with Crippen LogP contribution in [0.2, 0.25) is 0 Å². The molecule has 1 unspecified atom stereocenters. The summed E-state index contributed by atoms with van der Waals surface area (Å²) in [6.45, 7) is 1.39. The monoisotopic (exact) mass is 270 g/mol. The molecule has 7 nitrogen and oxygen atoms in total. The molecule has 1 aliphatic rings. The molecule has 0 spiro atoms. The molecular formula is C10H14N4O3S. The van der Waals surface area contributed by atoms with Gasteiger partial charge >= 0.3 is 0 Å². The molecule has 1 aliphatic heterocycles. The lowest BCUT2D eigenvalue weighted by Crippen LogP contribution is -2.21. The number of aromatic nitrogens is 2. The van der Waals surface area contributed by atoms with Crippen LogP contribution in [-0.4, -0.2) is 42.1 Å². The van der Waals surface area contributed by atoms with E-state index in [0.717, 1.165) is 0 Å². The lowest BCUT2D eigenvalue weighted by Gasteiger charge is -2.10. The quantitative estimate of drug-likeness (QED) is 0.804. The number of nitrogens with one attached hydrogen (secondary N) is 2. The first-order valence-corrected chi connectivity index (χ1v) is 7.35. The molecule has 1 atom stereocenters. The van der Waals surface area contributed by atoms with Crippen LogP contribution in [0.3, 0.4) is 0 Å². The fraction of sp³-hybridized carbons (Fsp3) is 0.500. The standard InChI is InChI=1S/C10H14N4O3S/c1-7(15)11-9-2-3-10(14-13-9)12-8-4-5-18(16,17)6-8/h2-3,8H,4-6H2,1H3,(H,12,14)(H,11,13,15). The Morgan fingerprint density at radius 1 is 1.33 bits per heavy atom. The molecule has 8 heteroatoms. The Bertz CT molecular complexity index is 541. The van der Waals surface area contributed by atoms with Gasteiger partial charge in [-0.05, 0) is 18.6 Å². The predicted molar refractivity (Wildman–Crippen MR) is 67.0 cm³/mol. The van der Waals surface area contributed by atoms with Crippen LogP contribution in [0.15, 0.2) is 12.1 Å². The van der Waals surface area contributed by atoms with E-state index in [0.29, 0.717) is 18.1 Å². The highest BCUT2D eigenvalue weighted by molar-refractivity contribution is 7.91. The van der Waals surface area contributed by atoms with Gasteiger partial charge in [-0.2, -0.15) is 0 Å². The van der Waals surface area contributed by atoms with Gasteiger partial charge in [0.1, 0.15) is 5.82 Å². The molecule has 1 saturated heterocycles. The Hall–Kier alpha value is -1.70. The molecule has 0 aromatic carbocycles. The van der Waals surface area contributed by atoms with Crippen molar-refractivity contribution in [3.05, 3.63) is 12.1 Å². The van der Waals surface area contributed by atoms with Crippen molar-refractivity contribution in [2.45, 2.75) is 19.4 Å². The summed E-state index contributed by atoms with van der Waals surface area (Å²) in [7, 11) is -2.91. The number of hydrogen-bond acceptors (Lipinski definition) is 6. The van der Waals surface area contributed by atoms with Gasteiger partial charge in [0.25, 0.3) is 0 Å². The fourth-order valence-corrected chi connectivity index (χ4v) is 3.45. The van der Waals surface area contributed by atoms with Gasteiger partial charge in [-0.3, -0.25) is 4.79 Å². The van der Waals surface area contributed by atoms with Crippen LogP contribution in [0.5, 0.6) is 0 Å². The molecule has 2 rings (SSSR count). The zero-order valence-electron chi connectivity index (χ0n) is 9.88. The summed E-state index contributed by atoms with van der Waals surface area (Å²) in [6, 6.07) is 3.15. The largest absolute Gasteiger partial charge is 0.365 e. The molecule has 0 aliphatic carbocycles. The second-order valence-corrected chi connectivity index (χ2v) is 6.46. The summed E-state index contributed by atoms with van der Waals surface area (Å²) < 4.78 is 22.6. The second kappa shape index (κ2) is 4.89. The molecular weight excluding hydrogens is 256 g/mol. The summed E-state index contributed by atoms with van der Waals surface area (Å²) in [5.74, 6) is 0.995. The Labute approximate surface area is 105 Å². The number of carbonyl (C=O) groups is 1. The maximum absolute atomic E-state index is 11.3. The van der Waals surface area contributed by atoms with Crippen LogP contribution in [0.25, 0.3) is 0 Å². The van der Waals surface area contributed by atoms with Crippen LogP contribution >= 0.6 is 0 Å². The van der Waals surface area contributed by atoms with Crippen LogP contribution in [0.1, 0.15) is 13.3 Å². The number of rotatable bonds is 3. The Morgan fingerprint density at radius 2 is 2.00 bits per heavy atom. The number of hydrogen-bond donors (Lipinski definition) is 2. The zero-order chi connectivity index (χ0) is 13.2. The van der Waals surface area contributed by atoms with Crippen molar-refractivity contribution >= 4 is 27.4 Å². The van der Waals surface area contributed by atoms with E-state index in [1.165, 1.54) is 6.92 Å². The highest BCUT2D eigenvalue weighted by Crippen LogP contribution is 2.16.